The normalized spacial score (nSPS) is 13.3. The summed E-state index contributed by atoms with van der Waals surface area (Å²) in [6, 6.07) is 25.1. The number of nitrogens with zero attached hydrogens (tertiary/aromatic N) is 3. The average molecular weight is 545 g/mol. The summed E-state index contributed by atoms with van der Waals surface area (Å²) in [7, 11) is 1.60. The number of rotatable bonds is 8. The van der Waals surface area contributed by atoms with E-state index in [2.05, 4.69) is 15.2 Å². The summed E-state index contributed by atoms with van der Waals surface area (Å²) in [4.78, 5) is 34.1. The van der Waals surface area contributed by atoms with Gasteiger partial charge in [-0.15, -0.1) is 11.3 Å². The molecule has 38 heavy (non-hydrogen) atoms. The van der Waals surface area contributed by atoms with Gasteiger partial charge in [0.05, 0.1) is 18.6 Å². The van der Waals surface area contributed by atoms with Crippen LogP contribution in [0.25, 0.3) is 11.3 Å². The Morgan fingerprint density at radius 1 is 0.974 bits per heavy atom. The van der Waals surface area contributed by atoms with Gasteiger partial charge in [-0.1, -0.05) is 48.2 Å². The Balaban J connectivity index is 1.09. The van der Waals surface area contributed by atoms with Crippen LogP contribution in [-0.2, 0) is 4.79 Å². The van der Waals surface area contributed by atoms with Crippen molar-refractivity contribution in [2.75, 3.05) is 49.3 Å². The Morgan fingerprint density at radius 2 is 1.74 bits per heavy atom. The third kappa shape index (κ3) is 6.35. The summed E-state index contributed by atoms with van der Waals surface area (Å²) in [5.41, 5.74) is 4.48. The van der Waals surface area contributed by atoms with Gasteiger partial charge in [-0.2, -0.15) is 0 Å². The van der Waals surface area contributed by atoms with Gasteiger partial charge in [0.2, 0.25) is 5.91 Å². The highest BCUT2D eigenvalue weighted by molar-refractivity contribution is 8.01. The number of aromatic nitrogens is 1. The molecule has 4 aromatic rings. The van der Waals surface area contributed by atoms with Crippen molar-refractivity contribution in [1.29, 1.82) is 0 Å². The lowest BCUT2D eigenvalue weighted by Crippen LogP contribution is -2.48. The van der Waals surface area contributed by atoms with E-state index in [1.165, 1.54) is 11.8 Å². The Labute approximate surface area is 230 Å². The van der Waals surface area contributed by atoms with Gasteiger partial charge in [-0.05, 0) is 42.5 Å². The van der Waals surface area contributed by atoms with Gasteiger partial charge in [0.1, 0.15) is 5.75 Å². The summed E-state index contributed by atoms with van der Waals surface area (Å²) in [6.07, 6.45) is 0. The lowest BCUT2D eigenvalue weighted by molar-refractivity contribution is -0.113. The van der Waals surface area contributed by atoms with E-state index in [4.69, 9.17) is 4.74 Å². The fourth-order valence-corrected chi connectivity index (χ4v) is 5.89. The number of amides is 2. The molecular formula is C29H28N4O3S2. The molecule has 1 fully saturated rings. The van der Waals surface area contributed by atoms with Gasteiger partial charge in [0.15, 0.2) is 4.34 Å². The molecule has 1 N–H and O–H groups in total. The lowest BCUT2D eigenvalue weighted by atomic mass is 10.1. The molecule has 1 aliphatic rings. The van der Waals surface area contributed by atoms with Gasteiger partial charge < -0.3 is 19.9 Å². The first kappa shape index (κ1) is 25.8. The Hall–Kier alpha value is -3.82. The Bertz CT molecular complexity index is 1380. The first-order valence-corrected chi connectivity index (χ1v) is 14.2. The maximum absolute atomic E-state index is 12.9. The van der Waals surface area contributed by atoms with Crippen LogP contribution in [0.4, 0.5) is 11.4 Å². The second-order valence-electron chi connectivity index (χ2n) is 8.76. The molecule has 0 bridgehead atoms. The second kappa shape index (κ2) is 12.1. The summed E-state index contributed by atoms with van der Waals surface area (Å²) < 4.78 is 6.12. The summed E-state index contributed by atoms with van der Waals surface area (Å²) in [5, 5.41) is 4.98. The minimum Gasteiger partial charge on any atom is -0.497 e. The van der Waals surface area contributed by atoms with Crippen molar-refractivity contribution in [1.82, 2.24) is 9.88 Å². The number of hydrogen-bond donors (Lipinski definition) is 1. The minimum atomic E-state index is -0.0659. The molecule has 5 rings (SSSR count). The highest BCUT2D eigenvalue weighted by atomic mass is 32.2. The first-order chi connectivity index (χ1) is 18.6. The topological polar surface area (TPSA) is 74.8 Å². The van der Waals surface area contributed by atoms with Crippen LogP contribution in [0.15, 0.2) is 88.6 Å². The maximum atomic E-state index is 12.9. The van der Waals surface area contributed by atoms with Crippen molar-refractivity contribution in [3.63, 3.8) is 0 Å². The van der Waals surface area contributed by atoms with Crippen LogP contribution in [0.3, 0.4) is 0 Å². The van der Waals surface area contributed by atoms with E-state index in [9.17, 15) is 9.59 Å². The van der Waals surface area contributed by atoms with Crippen molar-refractivity contribution in [3.8, 4) is 17.0 Å². The van der Waals surface area contributed by atoms with Gasteiger partial charge in [0.25, 0.3) is 5.91 Å². The van der Waals surface area contributed by atoms with Gasteiger partial charge in [0, 0.05) is 54.1 Å². The predicted molar refractivity (Wildman–Crippen MR) is 154 cm³/mol. The molecule has 0 atom stereocenters. The fraction of sp³-hybridized carbons (Fsp3) is 0.207. The zero-order valence-electron chi connectivity index (χ0n) is 21.0. The van der Waals surface area contributed by atoms with Crippen molar-refractivity contribution in [3.05, 3.63) is 89.8 Å². The quantitative estimate of drug-likeness (QED) is 0.295. The molecule has 0 spiro atoms. The summed E-state index contributed by atoms with van der Waals surface area (Å²) in [6.45, 7) is 2.79. The highest BCUT2D eigenvalue weighted by Crippen LogP contribution is 2.28. The molecule has 0 aliphatic carbocycles. The fourth-order valence-electron chi connectivity index (χ4n) is 4.25. The monoisotopic (exact) mass is 544 g/mol. The van der Waals surface area contributed by atoms with Gasteiger partial charge in [-0.25, -0.2) is 4.98 Å². The highest BCUT2D eigenvalue weighted by Gasteiger charge is 2.22. The molecular weight excluding hydrogens is 516 g/mol. The number of thiazole rings is 1. The van der Waals surface area contributed by atoms with E-state index in [0.29, 0.717) is 30.2 Å². The number of thioether (sulfide) groups is 1. The van der Waals surface area contributed by atoms with Crippen LogP contribution < -0.4 is 15.0 Å². The van der Waals surface area contributed by atoms with E-state index in [1.54, 1.807) is 24.5 Å². The molecule has 7 nitrogen and oxygen atoms in total. The molecule has 0 radical (unpaired) electrons. The number of carbonyl (C=O) groups is 2. The minimum absolute atomic E-state index is 0.0218. The van der Waals surface area contributed by atoms with Crippen molar-refractivity contribution >= 4 is 46.3 Å². The zero-order chi connectivity index (χ0) is 26.3. The Kier molecular flexibility index (Phi) is 8.25. The van der Waals surface area contributed by atoms with Crippen molar-refractivity contribution < 1.29 is 14.3 Å². The SMILES string of the molecule is COc1cccc(C(=O)N2CCN(c3ccc(NC(=O)CSc4nc(-c5ccccc5)cs4)cc3)CC2)c1. The summed E-state index contributed by atoms with van der Waals surface area (Å²) >= 11 is 2.99. The zero-order valence-corrected chi connectivity index (χ0v) is 22.6. The third-order valence-corrected chi connectivity index (χ3v) is 8.30. The molecule has 0 saturated carbocycles. The smallest absolute Gasteiger partial charge is 0.254 e. The number of methoxy groups -OCH3 is 1. The summed E-state index contributed by atoms with van der Waals surface area (Å²) in [5.74, 6) is 0.935. The van der Waals surface area contributed by atoms with Crippen LogP contribution in [0.5, 0.6) is 5.75 Å². The van der Waals surface area contributed by atoms with Crippen molar-refractivity contribution in [2.24, 2.45) is 0 Å². The molecule has 2 amide bonds. The molecule has 1 aromatic heterocycles. The standard InChI is InChI=1S/C29H28N4O3S2/c1-36-25-9-5-8-22(18-25)28(35)33-16-14-32(15-17-33)24-12-10-23(11-13-24)30-27(34)20-38-29-31-26(19-37-29)21-6-3-2-4-7-21/h2-13,18-19H,14-17,20H2,1H3,(H,30,34). The van der Waals surface area contributed by atoms with E-state index in [-0.39, 0.29) is 11.8 Å². The number of carbonyl (C=O) groups excluding carboxylic acids is 2. The molecule has 1 aliphatic heterocycles. The molecule has 1 saturated heterocycles. The van der Waals surface area contributed by atoms with E-state index >= 15 is 0 Å². The number of nitrogens with one attached hydrogen (secondary N) is 1. The number of anilines is 2. The second-order valence-corrected chi connectivity index (χ2v) is 10.8. The van der Waals surface area contributed by atoms with E-state index < -0.39 is 0 Å². The number of piperazine rings is 1. The van der Waals surface area contributed by atoms with Crippen LogP contribution in [0.1, 0.15) is 10.4 Å². The lowest BCUT2D eigenvalue weighted by Gasteiger charge is -2.36. The van der Waals surface area contributed by atoms with Crippen LogP contribution in [0.2, 0.25) is 0 Å². The third-order valence-electron chi connectivity index (χ3n) is 6.28. The van der Waals surface area contributed by atoms with Crippen molar-refractivity contribution in [2.45, 2.75) is 4.34 Å². The van der Waals surface area contributed by atoms with Gasteiger partial charge in [-0.3, -0.25) is 9.59 Å². The predicted octanol–water partition coefficient (Wildman–Crippen LogP) is 5.51. The van der Waals surface area contributed by atoms with Gasteiger partial charge >= 0.3 is 0 Å². The Morgan fingerprint density at radius 3 is 2.47 bits per heavy atom. The molecule has 194 valence electrons. The largest absolute Gasteiger partial charge is 0.497 e. The molecule has 2 heterocycles. The first-order valence-electron chi connectivity index (χ1n) is 12.3. The number of ether oxygens (including phenoxy) is 1. The molecule has 3 aromatic carbocycles. The van der Waals surface area contributed by atoms with E-state index in [1.807, 2.05) is 83.1 Å². The van der Waals surface area contributed by atoms with Crippen LogP contribution in [-0.4, -0.2) is 60.7 Å². The van der Waals surface area contributed by atoms with Crippen LogP contribution in [0, 0.1) is 0 Å². The number of hydrogen-bond acceptors (Lipinski definition) is 7. The van der Waals surface area contributed by atoms with E-state index in [0.717, 1.165) is 40.1 Å². The maximum Gasteiger partial charge on any atom is 0.254 e. The van der Waals surface area contributed by atoms with Crippen LogP contribution >= 0.6 is 23.1 Å². The molecule has 0 unspecified atom stereocenters. The molecule has 9 heteroatoms. The number of benzene rings is 3. The average Bonchev–Trinajstić information content (AvgIpc) is 3.46.